The van der Waals surface area contributed by atoms with Gasteiger partial charge in [-0.1, -0.05) is 5.16 Å². The van der Waals surface area contributed by atoms with Crippen LogP contribution < -0.4 is 5.32 Å². The fraction of sp³-hybridized carbons (Fsp3) is 0.789. The summed E-state index contributed by atoms with van der Waals surface area (Å²) in [6, 6.07) is -0.620. The number of hydrogen-bond donors (Lipinski definition) is 1. The number of nitrogens with zero attached hydrogens (tertiary/aromatic N) is 3. The summed E-state index contributed by atoms with van der Waals surface area (Å²) in [6.45, 7) is 3.29. The van der Waals surface area contributed by atoms with Gasteiger partial charge < -0.3 is 29.0 Å². The molecular formula is C19H30N4O6. The SMILES string of the molecule is COC(=O)CNC(=O)N1CCCCC1c1nc(CCOCC2CCOCC2)no1. The Morgan fingerprint density at radius 3 is 2.86 bits per heavy atom. The highest BCUT2D eigenvalue weighted by Crippen LogP contribution is 2.29. The zero-order chi connectivity index (χ0) is 20.5. The number of carbonyl (C=O) groups excluding carboxylic acids is 2. The van der Waals surface area contributed by atoms with Gasteiger partial charge >= 0.3 is 12.0 Å². The zero-order valence-corrected chi connectivity index (χ0v) is 16.9. The Kier molecular flexibility index (Phi) is 8.24. The number of rotatable bonds is 8. The van der Waals surface area contributed by atoms with Crippen LogP contribution >= 0.6 is 0 Å². The van der Waals surface area contributed by atoms with Crippen LogP contribution in [0.2, 0.25) is 0 Å². The lowest BCUT2D eigenvalue weighted by molar-refractivity contribution is -0.139. The van der Waals surface area contributed by atoms with E-state index in [1.54, 1.807) is 4.90 Å². The van der Waals surface area contributed by atoms with Crippen molar-refractivity contribution < 1.29 is 28.3 Å². The summed E-state index contributed by atoms with van der Waals surface area (Å²) < 4.78 is 21.1. The molecule has 0 saturated carbocycles. The number of esters is 1. The lowest BCUT2D eigenvalue weighted by Gasteiger charge is -2.33. The lowest BCUT2D eigenvalue weighted by Crippen LogP contribution is -2.46. The molecule has 10 heteroatoms. The zero-order valence-electron chi connectivity index (χ0n) is 16.9. The Labute approximate surface area is 170 Å². The van der Waals surface area contributed by atoms with E-state index in [2.05, 4.69) is 20.2 Å². The third-order valence-corrected chi connectivity index (χ3v) is 5.31. The Morgan fingerprint density at radius 1 is 1.24 bits per heavy atom. The van der Waals surface area contributed by atoms with Crippen molar-refractivity contribution in [3.63, 3.8) is 0 Å². The number of methoxy groups -OCH3 is 1. The van der Waals surface area contributed by atoms with Crippen LogP contribution in [0.25, 0.3) is 0 Å². The van der Waals surface area contributed by atoms with Gasteiger partial charge in [-0.2, -0.15) is 4.98 Å². The monoisotopic (exact) mass is 410 g/mol. The number of ether oxygens (including phenoxy) is 3. The Hall–Kier alpha value is -2.20. The van der Waals surface area contributed by atoms with Gasteiger partial charge in [0, 0.05) is 32.8 Å². The molecule has 0 bridgehead atoms. The standard InChI is InChI=1S/C19H30N4O6/c1-26-17(24)12-20-19(25)23-8-3-2-4-15(23)18-21-16(22-29-18)7-11-28-13-14-5-9-27-10-6-14/h14-15H,2-13H2,1H3,(H,20,25). The quantitative estimate of drug-likeness (QED) is 0.506. The van der Waals surface area contributed by atoms with Gasteiger partial charge in [0.1, 0.15) is 12.6 Å². The lowest BCUT2D eigenvalue weighted by atomic mass is 10.0. The molecule has 1 N–H and O–H groups in total. The van der Waals surface area contributed by atoms with E-state index in [-0.39, 0.29) is 18.6 Å². The first kappa shape index (κ1) is 21.5. The summed E-state index contributed by atoms with van der Waals surface area (Å²) in [7, 11) is 1.28. The van der Waals surface area contributed by atoms with Gasteiger partial charge in [0.05, 0.1) is 13.7 Å². The summed E-state index contributed by atoms with van der Waals surface area (Å²) in [5.41, 5.74) is 0. The maximum Gasteiger partial charge on any atom is 0.325 e. The summed E-state index contributed by atoms with van der Waals surface area (Å²) in [5.74, 6) is 1.07. The molecule has 2 saturated heterocycles. The van der Waals surface area contributed by atoms with Crippen LogP contribution in [0.1, 0.15) is 49.9 Å². The van der Waals surface area contributed by atoms with Gasteiger partial charge in [-0.3, -0.25) is 4.79 Å². The number of hydrogen-bond acceptors (Lipinski definition) is 8. The number of piperidine rings is 1. The molecule has 0 aromatic carbocycles. The van der Waals surface area contributed by atoms with Crippen LogP contribution in [0.3, 0.4) is 0 Å². The first-order valence-electron chi connectivity index (χ1n) is 10.3. The molecule has 0 spiro atoms. The van der Waals surface area contributed by atoms with Gasteiger partial charge in [0.15, 0.2) is 5.82 Å². The third kappa shape index (κ3) is 6.40. The topological polar surface area (TPSA) is 116 Å². The molecule has 3 rings (SSSR count). The molecule has 3 heterocycles. The number of amides is 2. The van der Waals surface area contributed by atoms with E-state index in [0.717, 1.165) is 51.9 Å². The van der Waals surface area contributed by atoms with Crippen molar-refractivity contribution in [3.8, 4) is 0 Å². The summed E-state index contributed by atoms with van der Waals surface area (Å²) in [6.07, 6.45) is 5.26. The van der Waals surface area contributed by atoms with E-state index < -0.39 is 5.97 Å². The Bertz CT molecular complexity index is 661. The van der Waals surface area contributed by atoms with Gasteiger partial charge in [-0.25, -0.2) is 4.79 Å². The summed E-state index contributed by atoms with van der Waals surface area (Å²) in [4.78, 5) is 29.8. The second-order valence-electron chi connectivity index (χ2n) is 7.37. The van der Waals surface area contributed by atoms with Crippen molar-refractivity contribution in [1.82, 2.24) is 20.4 Å². The highest BCUT2D eigenvalue weighted by Gasteiger charge is 2.32. The molecule has 0 radical (unpaired) electrons. The number of nitrogens with one attached hydrogen (secondary N) is 1. The molecule has 1 aromatic heterocycles. The third-order valence-electron chi connectivity index (χ3n) is 5.31. The fourth-order valence-electron chi connectivity index (χ4n) is 3.58. The van der Waals surface area contributed by atoms with Crippen LogP contribution in [0.15, 0.2) is 4.52 Å². The van der Waals surface area contributed by atoms with E-state index in [4.69, 9.17) is 14.0 Å². The van der Waals surface area contributed by atoms with Crippen molar-refractivity contribution in [2.75, 3.05) is 46.6 Å². The Morgan fingerprint density at radius 2 is 2.07 bits per heavy atom. The number of aromatic nitrogens is 2. The maximum absolute atomic E-state index is 12.5. The summed E-state index contributed by atoms with van der Waals surface area (Å²) >= 11 is 0. The molecule has 2 aliphatic rings. The predicted molar refractivity (Wildman–Crippen MR) is 101 cm³/mol. The molecular weight excluding hydrogens is 380 g/mol. The largest absolute Gasteiger partial charge is 0.468 e. The van der Waals surface area contributed by atoms with Crippen molar-refractivity contribution in [2.24, 2.45) is 5.92 Å². The van der Waals surface area contributed by atoms with Gasteiger partial charge in [0.2, 0.25) is 5.89 Å². The van der Waals surface area contributed by atoms with Gasteiger partial charge in [-0.15, -0.1) is 0 Å². The molecule has 1 aromatic rings. The number of carbonyl (C=O) groups is 2. The smallest absolute Gasteiger partial charge is 0.325 e. The molecule has 2 aliphatic heterocycles. The van der Waals surface area contributed by atoms with Crippen molar-refractivity contribution in [2.45, 2.75) is 44.6 Å². The van der Waals surface area contributed by atoms with E-state index in [9.17, 15) is 9.59 Å². The molecule has 162 valence electrons. The average Bonchev–Trinajstić information content (AvgIpc) is 3.24. The van der Waals surface area contributed by atoms with E-state index in [1.165, 1.54) is 7.11 Å². The fourth-order valence-corrected chi connectivity index (χ4v) is 3.58. The Balaban J connectivity index is 1.47. The molecule has 1 atom stereocenters. The number of likely N-dealkylation sites (tertiary alicyclic amines) is 1. The minimum absolute atomic E-state index is 0.169. The second kappa shape index (κ2) is 11.1. The van der Waals surface area contributed by atoms with E-state index >= 15 is 0 Å². The highest BCUT2D eigenvalue weighted by atomic mass is 16.5. The van der Waals surface area contributed by atoms with Crippen molar-refractivity contribution >= 4 is 12.0 Å². The van der Waals surface area contributed by atoms with Gasteiger partial charge in [0.25, 0.3) is 0 Å². The van der Waals surface area contributed by atoms with Crippen LogP contribution in [0.4, 0.5) is 4.79 Å². The highest BCUT2D eigenvalue weighted by molar-refractivity contribution is 5.81. The molecule has 10 nitrogen and oxygen atoms in total. The molecule has 1 unspecified atom stereocenters. The van der Waals surface area contributed by atoms with Crippen LogP contribution in [-0.2, 0) is 25.4 Å². The van der Waals surface area contributed by atoms with E-state index in [0.29, 0.717) is 37.2 Å². The molecule has 2 fully saturated rings. The minimum Gasteiger partial charge on any atom is -0.468 e. The molecule has 29 heavy (non-hydrogen) atoms. The van der Waals surface area contributed by atoms with Crippen molar-refractivity contribution in [3.05, 3.63) is 11.7 Å². The van der Waals surface area contributed by atoms with Crippen molar-refractivity contribution in [1.29, 1.82) is 0 Å². The predicted octanol–water partition coefficient (Wildman–Crippen LogP) is 1.46. The molecule has 2 amide bonds. The van der Waals surface area contributed by atoms with Crippen LogP contribution in [-0.4, -0.2) is 73.7 Å². The number of urea groups is 1. The first-order chi connectivity index (χ1) is 14.2. The van der Waals surface area contributed by atoms with E-state index in [1.807, 2.05) is 0 Å². The minimum atomic E-state index is -0.493. The second-order valence-corrected chi connectivity index (χ2v) is 7.37. The first-order valence-corrected chi connectivity index (χ1v) is 10.3. The summed E-state index contributed by atoms with van der Waals surface area (Å²) in [5, 5.41) is 6.61. The molecule has 0 aliphatic carbocycles. The average molecular weight is 410 g/mol. The van der Waals surface area contributed by atoms with Crippen LogP contribution in [0.5, 0.6) is 0 Å². The normalized spacial score (nSPS) is 20.4. The van der Waals surface area contributed by atoms with Crippen LogP contribution in [0, 0.1) is 5.92 Å². The maximum atomic E-state index is 12.5. The van der Waals surface area contributed by atoms with Gasteiger partial charge in [-0.05, 0) is 38.0 Å².